The van der Waals surface area contributed by atoms with E-state index in [-0.39, 0.29) is 0 Å². The van der Waals surface area contributed by atoms with Crippen molar-refractivity contribution in [1.29, 1.82) is 0 Å². The van der Waals surface area contributed by atoms with Crippen LogP contribution in [0.1, 0.15) is 18.9 Å². The van der Waals surface area contributed by atoms with Crippen molar-refractivity contribution in [1.82, 2.24) is 0 Å². The summed E-state index contributed by atoms with van der Waals surface area (Å²) in [6.45, 7) is 7.76. The molecule has 1 aliphatic rings. The largest absolute Gasteiger partial charge is 0.381 e. The Morgan fingerprint density at radius 1 is 1.43 bits per heavy atom. The van der Waals surface area contributed by atoms with Gasteiger partial charge in [-0.15, -0.1) is 0 Å². The molecule has 1 aliphatic heterocycles. The maximum Gasteiger partial charge on any atom is 0.0608 e. The summed E-state index contributed by atoms with van der Waals surface area (Å²) in [5.41, 5.74) is 4.05. The molecule has 0 saturated carbocycles. The Hall–Kier alpha value is -1.18. The number of aryl methyl sites for hydroxylation is 1. The van der Waals surface area contributed by atoms with E-state index < -0.39 is 0 Å². The second-order valence-corrected chi connectivity index (χ2v) is 3.88. The lowest BCUT2D eigenvalue weighted by atomic mass is 10.1. The van der Waals surface area contributed by atoms with Gasteiger partial charge in [0.2, 0.25) is 0 Å². The quantitative estimate of drug-likeness (QED) is 0.771. The highest BCUT2D eigenvalue weighted by atomic mass is 15.2. The van der Waals surface area contributed by atoms with Crippen molar-refractivity contribution in [2.45, 2.75) is 20.3 Å². The highest BCUT2D eigenvalue weighted by molar-refractivity contribution is 5.75. The van der Waals surface area contributed by atoms with Gasteiger partial charge in [-0.2, -0.15) is 0 Å². The van der Waals surface area contributed by atoms with Crippen LogP contribution in [0, 0.1) is 6.92 Å². The Bertz CT molecular complexity index is 320. The molecule has 0 aliphatic carbocycles. The highest BCUT2D eigenvalue weighted by Crippen LogP contribution is 2.31. The van der Waals surface area contributed by atoms with E-state index in [1.54, 1.807) is 0 Å². The molecule has 14 heavy (non-hydrogen) atoms. The van der Waals surface area contributed by atoms with Gasteiger partial charge >= 0.3 is 0 Å². The number of anilines is 2. The van der Waals surface area contributed by atoms with Crippen LogP contribution in [-0.4, -0.2) is 19.6 Å². The van der Waals surface area contributed by atoms with Gasteiger partial charge in [-0.1, -0.05) is 19.1 Å². The summed E-state index contributed by atoms with van der Waals surface area (Å²) in [4.78, 5) is 2.47. The number of benzene rings is 1. The summed E-state index contributed by atoms with van der Waals surface area (Å²) < 4.78 is 0. The van der Waals surface area contributed by atoms with E-state index in [1.807, 2.05) is 0 Å². The molecule has 0 radical (unpaired) electrons. The van der Waals surface area contributed by atoms with Gasteiger partial charge in [-0.3, -0.25) is 0 Å². The first-order valence-electron chi connectivity index (χ1n) is 5.41. The zero-order valence-electron chi connectivity index (χ0n) is 9.01. The zero-order valence-corrected chi connectivity index (χ0v) is 9.01. The lowest BCUT2D eigenvalue weighted by molar-refractivity contribution is 0.759. The lowest BCUT2D eigenvalue weighted by Crippen LogP contribution is -2.34. The SMILES string of the molecule is CCCN1CCNc2c(C)cccc21. The number of fused-ring (bicyclic) bond motifs is 1. The molecule has 0 unspecified atom stereocenters. The standard InChI is InChI=1S/C12H18N2/c1-3-8-14-9-7-13-12-10(2)5-4-6-11(12)14/h4-6,13H,3,7-9H2,1-2H3. The molecule has 0 spiro atoms. The molecule has 76 valence electrons. The third-order valence-electron chi connectivity index (χ3n) is 2.77. The summed E-state index contributed by atoms with van der Waals surface area (Å²) in [6, 6.07) is 6.52. The van der Waals surface area contributed by atoms with E-state index in [4.69, 9.17) is 0 Å². The van der Waals surface area contributed by atoms with Crippen molar-refractivity contribution in [2.75, 3.05) is 29.9 Å². The van der Waals surface area contributed by atoms with Crippen LogP contribution in [0.5, 0.6) is 0 Å². The molecule has 0 atom stereocenters. The van der Waals surface area contributed by atoms with Crippen LogP contribution in [0.25, 0.3) is 0 Å². The normalized spacial score (nSPS) is 14.9. The Balaban J connectivity index is 2.34. The third kappa shape index (κ3) is 1.57. The summed E-state index contributed by atoms with van der Waals surface area (Å²) in [5, 5.41) is 3.48. The molecule has 0 saturated heterocycles. The summed E-state index contributed by atoms with van der Waals surface area (Å²) >= 11 is 0. The van der Waals surface area contributed by atoms with Crippen LogP contribution in [0.15, 0.2) is 18.2 Å². The van der Waals surface area contributed by atoms with Gasteiger partial charge < -0.3 is 10.2 Å². The van der Waals surface area contributed by atoms with E-state index in [0.717, 1.165) is 19.6 Å². The number of hydrogen-bond donors (Lipinski definition) is 1. The smallest absolute Gasteiger partial charge is 0.0608 e. The predicted octanol–water partition coefficient (Wildman–Crippen LogP) is 2.64. The Labute approximate surface area is 85.9 Å². The first-order chi connectivity index (χ1) is 6.83. The van der Waals surface area contributed by atoms with Gasteiger partial charge in [0.05, 0.1) is 11.4 Å². The second-order valence-electron chi connectivity index (χ2n) is 3.88. The van der Waals surface area contributed by atoms with E-state index in [1.165, 1.54) is 23.4 Å². The minimum Gasteiger partial charge on any atom is -0.381 e. The summed E-state index contributed by atoms with van der Waals surface area (Å²) in [6.07, 6.45) is 1.22. The second kappa shape index (κ2) is 3.91. The van der Waals surface area contributed by atoms with Crippen LogP contribution in [0.3, 0.4) is 0 Å². The van der Waals surface area contributed by atoms with Gasteiger partial charge in [0.25, 0.3) is 0 Å². The molecule has 0 bridgehead atoms. The van der Waals surface area contributed by atoms with Gasteiger partial charge in [0.1, 0.15) is 0 Å². The first kappa shape index (κ1) is 9.38. The van der Waals surface area contributed by atoms with Crippen molar-refractivity contribution in [3.63, 3.8) is 0 Å². The van der Waals surface area contributed by atoms with Gasteiger partial charge in [0.15, 0.2) is 0 Å². The molecule has 1 aromatic carbocycles. The van der Waals surface area contributed by atoms with Gasteiger partial charge in [-0.05, 0) is 25.0 Å². The zero-order chi connectivity index (χ0) is 9.97. The molecule has 0 aromatic heterocycles. The van der Waals surface area contributed by atoms with Crippen LogP contribution in [0.4, 0.5) is 11.4 Å². The molecule has 2 heteroatoms. The minimum absolute atomic E-state index is 1.07. The average molecular weight is 190 g/mol. The first-order valence-corrected chi connectivity index (χ1v) is 5.41. The van der Waals surface area contributed by atoms with Crippen LogP contribution in [-0.2, 0) is 0 Å². The number of nitrogens with one attached hydrogen (secondary N) is 1. The van der Waals surface area contributed by atoms with Gasteiger partial charge in [0, 0.05) is 19.6 Å². The Kier molecular flexibility index (Phi) is 2.62. The topological polar surface area (TPSA) is 15.3 Å². The molecule has 0 amide bonds. The molecule has 1 aromatic rings. The molecule has 2 rings (SSSR count). The van der Waals surface area contributed by atoms with Crippen molar-refractivity contribution in [2.24, 2.45) is 0 Å². The molecule has 1 N–H and O–H groups in total. The van der Waals surface area contributed by atoms with E-state index in [0.29, 0.717) is 0 Å². The molecule has 0 fully saturated rings. The van der Waals surface area contributed by atoms with E-state index in [2.05, 4.69) is 42.3 Å². The van der Waals surface area contributed by atoms with Crippen LogP contribution < -0.4 is 10.2 Å². The molecular weight excluding hydrogens is 172 g/mol. The highest BCUT2D eigenvalue weighted by Gasteiger charge is 2.16. The van der Waals surface area contributed by atoms with Crippen molar-refractivity contribution < 1.29 is 0 Å². The van der Waals surface area contributed by atoms with E-state index in [9.17, 15) is 0 Å². The predicted molar refractivity (Wildman–Crippen MR) is 62.2 cm³/mol. The monoisotopic (exact) mass is 190 g/mol. The number of rotatable bonds is 2. The Morgan fingerprint density at radius 2 is 2.29 bits per heavy atom. The maximum absolute atomic E-state index is 3.48. The fourth-order valence-electron chi connectivity index (χ4n) is 2.08. The average Bonchev–Trinajstić information content (AvgIpc) is 2.20. The third-order valence-corrected chi connectivity index (χ3v) is 2.77. The van der Waals surface area contributed by atoms with Crippen molar-refractivity contribution >= 4 is 11.4 Å². The van der Waals surface area contributed by atoms with Crippen LogP contribution >= 0.6 is 0 Å². The molecule has 2 nitrogen and oxygen atoms in total. The van der Waals surface area contributed by atoms with Gasteiger partial charge in [-0.25, -0.2) is 0 Å². The fraction of sp³-hybridized carbons (Fsp3) is 0.500. The van der Waals surface area contributed by atoms with Crippen LogP contribution in [0.2, 0.25) is 0 Å². The summed E-state index contributed by atoms with van der Waals surface area (Å²) in [5.74, 6) is 0. The molecular formula is C12H18N2. The maximum atomic E-state index is 3.48. The van der Waals surface area contributed by atoms with E-state index >= 15 is 0 Å². The molecule has 1 heterocycles. The fourth-order valence-corrected chi connectivity index (χ4v) is 2.08. The number of para-hydroxylation sites is 1. The lowest BCUT2D eigenvalue weighted by Gasteiger charge is -2.32. The van der Waals surface area contributed by atoms with Crippen molar-refractivity contribution in [3.05, 3.63) is 23.8 Å². The van der Waals surface area contributed by atoms with Crippen molar-refractivity contribution in [3.8, 4) is 0 Å². The number of nitrogens with zero attached hydrogens (tertiary/aromatic N) is 1. The summed E-state index contributed by atoms with van der Waals surface area (Å²) in [7, 11) is 0. The minimum atomic E-state index is 1.07. The number of hydrogen-bond acceptors (Lipinski definition) is 2. The Morgan fingerprint density at radius 3 is 3.07 bits per heavy atom.